The van der Waals surface area contributed by atoms with Crippen molar-refractivity contribution in [3.05, 3.63) is 45.4 Å². The molecule has 6 nitrogen and oxygen atoms in total. The number of carbonyl (C=O) groups is 2. The zero-order chi connectivity index (χ0) is 18.2. The molecule has 0 aliphatic rings. The van der Waals surface area contributed by atoms with Crippen LogP contribution in [0.25, 0.3) is 0 Å². The lowest BCUT2D eigenvalue weighted by atomic mass is 10.2. The number of halogens is 2. The van der Waals surface area contributed by atoms with Crippen LogP contribution in [0.15, 0.2) is 29.8 Å². The summed E-state index contributed by atoms with van der Waals surface area (Å²) in [5.74, 6) is -0.649. The van der Waals surface area contributed by atoms with Crippen LogP contribution in [0.5, 0.6) is 0 Å². The van der Waals surface area contributed by atoms with Crippen LogP contribution in [0.3, 0.4) is 0 Å². The Kier molecular flexibility index (Phi) is 7.64. The molecule has 2 amide bonds. The highest BCUT2D eigenvalue weighted by molar-refractivity contribution is 7.13. The summed E-state index contributed by atoms with van der Waals surface area (Å²) in [4.78, 5) is 30.4. The van der Waals surface area contributed by atoms with Gasteiger partial charge in [0, 0.05) is 47.4 Å². The van der Waals surface area contributed by atoms with Crippen LogP contribution in [0.4, 0.5) is 5.13 Å². The summed E-state index contributed by atoms with van der Waals surface area (Å²) in [6, 6.07) is 4.60. The first kappa shape index (κ1) is 19.7. The molecule has 0 bridgehead atoms. The second-order valence-electron chi connectivity index (χ2n) is 5.12. The van der Waals surface area contributed by atoms with Crippen LogP contribution in [0.1, 0.15) is 16.8 Å². The molecule has 1 aromatic carbocycles. The summed E-state index contributed by atoms with van der Waals surface area (Å²) in [5.41, 5.74) is 0.331. The number of rotatable bonds is 8. The van der Waals surface area contributed by atoms with E-state index in [4.69, 9.17) is 27.9 Å². The van der Waals surface area contributed by atoms with Crippen LogP contribution >= 0.6 is 34.5 Å². The molecular formula is C16H17Cl2N3O3S. The van der Waals surface area contributed by atoms with Crippen molar-refractivity contribution in [3.8, 4) is 0 Å². The number of anilines is 1. The van der Waals surface area contributed by atoms with E-state index in [0.29, 0.717) is 40.3 Å². The van der Waals surface area contributed by atoms with Crippen molar-refractivity contribution in [1.82, 2.24) is 9.88 Å². The molecule has 0 aliphatic heterocycles. The van der Waals surface area contributed by atoms with Crippen molar-refractivity contribution in [1.29, 1.82) is 0 Å². The van der Waals surface area contributed by atoms with E-state index in [-0.39, 0.29) is 18.4 Å². The maximum absolute atomic E-state index is 12.8. The highest BCUT2D eigenvalue weighted by Gasteiger charge is 2.20. The maximum atomic E-state index is 12.8. The van der Waals surface area contributed by atoms with E-state index >= 15 is 0 Å². The maximum Gasteiger partial charge on any atom is 0.254 e. The van der Waals surface area contributed by atoms with E-state index in [0.717, 1.165) is 0 Å². The molecule has 0 spiro atoms. The molecule has 0 saturated carbocycles. The van der Waals surface area contributed by atoms with Gasteiger partial charge in [0.2, 0.25) is 5.91 Å². The van der Waals surface area contributed by atoms with Crippen molar-refractivity contribution in [2.45, 2.75) is 6.42 Å². The number of nitrogens with zero attached hydrogens (tertiary/aromatic N) is 2. The van der Waals surface area contributed by atoms with Crippen molar-refractivity contribution < 1.29 is 14.3 Å². The molecule has 1 N–H and O–H groups in total. The third-order valence-corrected chi connectivity index (χ3v) is 4.31. The molecule has 2 aromatic rings. The fourth-order valence-corrected chi connectivity index (χ4v) is 3.20. The van der Waals surface area contributed by atoms with Gasteiger partial charge < -0.3 is 15.0 Å². The minimum absolute atomic E-state index is 0.105. The number of hydrogen-bond donors (Lipinski definition) is 1. The Morgan fingerprint density at radius 3 is 2.60 bits per heavy atom. The van der Waals surface area contributed by atoms with Crippen LogP contribution in [-0.4, -0.2) is 48.5 Å². The first-order valence-electron chi connectivity index (χ1n) is 7.43. The van der Waals surface area contributed by atoms with Gasteiger partial charge in [-0.05, 0) is 24.6 Å². The molecule has 2 rings (SSSR count). The molecule has 1 heterocycles. The van der Waals surface area contributed by atoms with E-state index in [2.05, 4.69) is 10.3 Å². The molecule has 0 saturated heterocycles. The molecule has 0 aliphatic carbocycles. The fourth-order valence-electron chi connectivity index (χ4n) is 2.13. The number of methoxy groups -OCH3 is 1. The molecule has 0 radical (unpaired) electrons. The Balaban J connectivity index is 2.10. The second kappa shape index (κ2) is 9.72. The summed E-state index contributed by atoms with van der Waals surface area (Å²) < 4.78 is 5.02. The average molecular weight is 402 g/mol. The number of nitrogens with one attached hydrogen (secondary N) is 1. The van der Waals surface area contributed by atoms with Gasteiger partial charge in [0.25, 0.3) is 5.91 Å². The Bertz CT molecular complexity index is 705. The zero-order valence-electron chi connectivity index (χ0n) is 13.5. The molecule has 134 valence electrons. The van der Waals surface area contributed by atoms with Gasteiger partial charge in [-0.15, -0.1) is 11.3 Å². The van der Waals surface area contributed by atoms with Crippen molar-refractivity contribution in [2.24, 2.45) is 0 Å². The molecule has 9 heteroatoms. The Morgan fingerprint density at radius 2 is 2.00 bits per heavy atom. The number of hydrogen-bond acceptors (Lipinski definition) is 5. The number of thiazole rings is 1. The summed E-state index contributed by atoms with van der Waals surface area (Å²) >= 11 is 13.2. The number of amides is 2. The number of carbonyl (C=O) groups excluding carboxylic acids is 2. The normalized spacial score (nSPS) is 10.5. The number of benzene rings is 1. The van der Waals surface area contributed by atoms with Gasteiger partial charge in [0.05, 0.1) is 0 Å². The van der Waals surface area contributed by atoms with Gasteiger partial charge in [-0.3, -0.25) is 9.59 Å². The first-order valence-corrected chi connectivity index (χ1v) is 9.07. The van der Waals surface area contributed by atoms with E-state index in [1.807, 2.05) is 0 Å². The van der Waals surface area contributed by atoms with E-state index in [1.165, 1.54) is 28.4 Å². The van der Waals surface area contributed by atoms with Crippen molar-refractivity contribution >= 4 is 51.5 Å². The highest BCUT2D eigenvalue weighted by Crippen LogP contribution is 2.20. The molecular weight excluding hydrogens is 385 g/mol. The smallest absolute Gasteiger partial charge is 0.254 e. The quantitative estimate of drug-likeness (QED) is 0.686. The highest BCUT2D eigenvalue weighted by atomic mass is 35.5. The Labute approximate surface area is 159 Å². The molecule has 1 aromatic heterocycles. The summed E-state index contributed by atoms with van der Waals surface area (Å²) in [5, 5.41) is 5.63. The molecule has 0 fully saturated rings. The zero-order valence-corrected chi connectivity index (χ0v) is 15.8. The predicted octanol–water partition coefficient (Wildman–Crippen LogP) is 3.57. The molecule has 0 atom stereocenters. The number of aromatic nitrogens is 1. The molecule has 0 unspecified atom stereocenters. The fraction of sp³-hybridized carbons (Fsp3) is 0.312. The minimum Gasteiger partial charge on any atom is -0.385 e. The second-order valence-corrected chi connectivity index (χ2v) is 6.88. The van der Waals surface area contributed by atoms with Crippen LogP contribution in [0.2, 0.25) is 10.0 Å². The van der Waals surface area contributed by atoms with Crippen LogP contribution in [0, 0.1) is 0 Å². The van der Waals surface area contributed by atoms with E-state index in [9.17, 15) is 9.59 Å². The average Bonchev–Trinajstić information content (AvgIpc) is 3.05. The Hall–Kier alpha value is -1.67. The van der Waals surface area contributed by atoms with Gasteiger partial charge in [-0.25, -0.2) is 4.98 Å². The van der Waals surface area contributed by atoms with Gasteiger partial charge >= 0.3 is 0 Å². The molecule has 25 heavy (non-hydrogen) atoms. The SMILES string of the molecule is COCCCN(CC(=O)Nc1nccs1)C(=O)c1cc(Cl)cc(Cl)c1. The topological polar surface area (TPSA) is 71.5 Å². The number of ether oxygens (including phenoxy) is 1. The largest absolute Gasteiger partial charge is 0.385 e. The Morgan fingerprint density at radius 1 is 1.28 bits per heavy atom. The third kappa shape index (κ3) is 6.28. The monoisotopic (exact) mass is 401 g/mol. The first-order chi connectivity index (χ1) is 12.0. The standard InChI is InChI=1S/C16H17Cl2N3O3S/c1-24-5-2-4-21(10-14(22)20-16-19-3-6-25-16)15(23)11-7-12(17)9-13(18)8-11/h3,6-9H,2,4-5,10H2,1H3,(H,19,20,22). The summed E-state index contributed by atoms with van der Waals surface area (Å²) in [6.45, 7) is 0.739. The van der Waals surface area contributed by atoms with Crippen LogP contribution in [-0.2, 0) is 9.53 Å². The van der Waals surface area contributed by atoms with Crippen molar-refractivity contribution in [3.63, 3.8) is 0 Å². The van der Waals surface area contributed by atoms with E-state index in [1.54, 1.807) is 24.8 Å². The lowest BCUT2D eigenvalue weighted by Gasteiger charge is -2.22. The van der Waals surface area contributed by atoms with Gasteiger partial charge in [-0.1, -0.05) is 23.2 Å². The summed E-state index contributed by atoms with van der Waals surface area (Å²) in [6.07, 6.45) is 2.19. The van der Waals surface area contributed by atoms with Crippen molar-refractivity contribution in [2.75, 3.05) is 32.1 Å². The third-order valence-electron chi connectivity index (χ3n) is 3.19. The van der Waals surface area contributed by atoms with Gasteiger partial charge in [0.15, 0.2) is 5.13 Å². The lowest BCUT2D eigenvalue weighted by Crippen LogP contribution is -2.39. The minimum atomic E-state index is -0.325. The van der Waals surface area contributed by atoms with Gasteiger partial charge in [0.1, 0.15) is 6.54 Å². The van der Waals surface area contributed by atoms with Gasteiger partial charge in [-0.2, -0.15) is 0 Å². The summed E-state index contributed by atoms with van der Waals surface area (Å²) in [7, 11) is 1.58. The predicted molar refractivity (Wildman–Crippen MR) is 99.6 cm³/mol. The van der Waals surface area contributed by atoms with E-state index < -0.39 is 0 Å². The van der Waals surface area contributed by atoms with Crippen LogP contribution < -0.4 is 5.32 Å². The lowest BCUT2D eigenvalue weighted by molar-refractivity contribution is -0.116.